The van der Waals surface area contributed by atoms with E-state index in [0.29, 0.717) is 29.4 Å². The Morgan fingerprint density at radius 2 is 1.75 bits per heavy atom. The number of carbonyl (C=O) groups is 2. The van der Waals surface area contributed by atoms with Gasteiger partial charge in [0.2, 0.25) is 11.0 Å². The molecule has 0 spiro atoms. The number of rotatable bonds is 4. The lowest BCUT2D eigenvalue weighted by Gasteiger charge is -2.23. The number of halogens is 4. The number of alkyl halides is 3. The van der Waals surface area contributed by atoms with Gasteiger partial charge in [-0.25, -0.2) is 0 Å². The third-order valence-electron chi connectivity index (χ3n) is 5.02. The van der Waals surface area contributed by atoms with Gasteiger partial charge in [0, 0.05) is 22.7 Å². The Kier molecular flexibility index (Phi) is 6.16. The van der Waals surface area contributed by atoms with Crippen molar-refractivity contribution >= 4 is 39.9 Å². The van der Waals surface area contributed by atoms with Gasteiger partial charge in [0.1, 0.15) is 11.0 Å². The van der Waals surface area contributed by atoms with Gasteiger partial charge in [-0.05, 0) is 49.2 Å². The average molecular weight is 481 g/mol. The van der Waals surface area contributed by atoms with E-state index in [9.17, 15) is 22.8 Å². The van der Waals surface area contributed by atoms with Crippen LogP contribution < -0.4 is 5.32 Å². The van der Waals surface area contributed by atoms with E-state index in [2.05, 4.69) is 15.5 Å². The summed E-state index contributed by atoms with van der Waals surface area (Å²) in [5.74, 6) is -0.906. The van der Waals surface area contributed by atoms with Crippen LogP contribution >= 0.6 is 22.9 Å². The van der Waals surface area contributed by atoms with Crippen molar-refractivity contribution in [2.24, 2.45) is 0 Å². The lowest BCUT2D eigenvalue weighted by Crippen LogP contribution is -2.43. The summed E-state index contributed by atoms with van der Waals surface area (Å²) in [5.41, 5.74) is 0.0588. The van der Waals surface area contributed by atoms with Crippen LogP contribution in [-0.2, 0) is 11.0 Å². The highest BCUT2D eigenvalue weighted by Crippen LogP contribution is 2.31. The summed E-state index contributed by atoms with van der Waals surface area (Å²) in [6.45, 7) is 0.337. The first-order valence-electron chi connectivity index (χ1n) is 9.61. The topological polar surface area (TPSA) is 75.2 Å². The van der Waals surface area contributed by atoms with Crippen LogP contribution in [0.5, 0.6) is 0 Å². The van der Waals surface area contributed by atoms with Crippen LogP contribution in [0.1, 0.15) is 28.8 Å². The molecule has 32 heavy (non-hydrogen) atoms. The van der Waals surface area contributed by atoms with E-state index in [1.807, 2.05) is 0 Å². The minimum Gasteiger partial charge on any atom is -0.327 e. The second-order valence-electron chi connectivity index (χ2n) is 7.14. The number of carbonyl (C=O) groups excluding carboxylic acids is 2. The summed E-state index contributed by atoms with van der Waals surface area (Å²) in [6, 6.07) is 10.2. The van der Waals surface area contributed by atoms with E-state index >= 15 is 0 Å². The molecule has 1 atom stereocenters. The van der Waals surface area contributed by atoms with Crippen LogP contribution in [0.4, 0.5) is 18.3 Å². The summed E-state index contributed by atoms with van der Waals surface area (Å²) < 4.78 is 38.3. The molecular formula is C21H16ClF3N4O2S. The maximum absolute atomic E-state index is 12.8. The van der Waals surface area contributed by atoms with Crippen molar-refractivity contribution in [1.29, 1.82) is 0 Å². The second kappa shape index (κ2) is 8.87. The summed E-state index contributed by atoms with van der Waals surface area (Å²) in [4.78, 5) is 27.0. The summed E-state index contributed by atoms with van der Waals surface area (Å²) >= 11 is 7.07. The number of amides is 2. The van der Waals surface area contributed by atoms with E-state index in [-0.39, 0.29) is 10.7 Å². The Morgan fingerprint density at radius 3 is 2.41 bits per heavy atom. The third kappa shape index (κ3) is 4.76. The Bertz CT molecular complexity index is 1130. The molecule has 11 heteroatoms. The maximum Gasteiger partial charge on any atom is 0.416 e. The van der Waals surface area contributed by atoms with E-state index in [4.69, 9.17) is 11.6 Å². The molecule has 1 fully saturated rings. The van der Waals surface area contributed by atoms with Gasteiger partial charge in [-0.2, -0.15) is 13.2 Å². The highest BCUT2D eigenvalue weighted by atomic mass is 35.5. The van der Waals surface area contributed by atoms with E-state index in [1.165, 1.54) is 16.2 Å². The van der Waals surface area contributed by atoms with Gasteiger partial charge >= 0.3 is 6.18 Å². The first-order chi connectivity index (χ1) is 15.2. The van der Waals surface area contributed by atoms with E-state index in [1.54, 1.807) is 24.3 Å². The molecule has 0 bridgehead atoms. The lowest BCUT2D eigenvalue weighted by atomic mass is 10.1. The Labute approximate surface area is 190 Å². The van der Waals surface area contributed by atoms with E-state index < -0.39 is 29.6 Å². The second-order valence-corrected chi connectivity index (χ2v) is 8.55. The van der Waals surface area contributed by atoms with E-state index in [0.717, 1.165) is 29.8 Å². The molecule has 6 nitrogen and oxygen atoms in total. The zero-order valence-corrected chi connectivity index (χ0v) is 18.0. The number of nitrogens with one attached hydrogen (secondary N) is 1. The normalized spacial score (nSPS) is 16.2. The first kappa shape index (κ1) is 22.2. The van der Waals surface area contributed by atoms with Crippen LogP contribution in [0, 0.1) is 0 Å². The van der Waals surface area contributed by atoms with Gasteiger partial charge in [0.05, 0.1) is 5.56 Å². The zero-order valence-electron chi connectivity index (χ0n) is 16.4. The number of likely N-dealkylation sites (tertiary alicyclic amines) is 1. The fraction of sp³-hybridized carbons (Fsp3) is 0.238. The van der Waals surface area contributed by atoms with Crippen molar-refractivity contribution in [2.45, 2.75) is 25.1 Å². The molecule has 1 aromatic heterocycles. The van der Waals surface area contributed by atoms with Crippen molar-refractivity contribution < 1.29 is 22.8 Å². The highest BCUT2D eigenvalue weighted by Gasteiger charge is 2.36. The molecular weight excluding hydrogens is 465 g/mol. The van der Waals surface area contributed by atoms with Crippen LogP contribution in [0.15, 0.2) is 48.5 Å². The number of aromatic nitrogens is 2. The maximum atomic E-state index is 12.8. The van der Waals surface area contributed by atoms with Gasteiger partial charge in [-0.3, -0.25) is 14.9 Å². The number of hydrogen-bond acceptors (Lipinski definition) is 5. The molecule has 1 saturated heterocycles. The molecule has 1 unspecified atom stereocenters. The lowest BCUT2D eigenvalue weighted by molar-refractivity contribution is -0.137. The molecule has 0 radical (unpaired) electrons. The van der Waals surface area contributed by atoms with Crippen molar-refractivity contribution in [3.05, 3.63) is 64.7 Å². The SMILES string of the molecule is O=C(Nc1nnc(-c2ccc(Cl)cc2)s1)C1CCCN1C(=O)c1ccc(C(F)(F)F)cc1. The molecule has 4 rings (SSSR count). The van der Waals surface area contributed by atoms with Gasteiger partial charge in [0.25, 0.3) is 5.91 Å². The molecule has 1 N–H and O–H groups in total. The van der Waals surface area contributed by atoms with Crippen LogP contribution in [0.2, 0.25) is 5.02 Å². The van der Waals surface area contributed by atoms with Crippen molar-refractivity contribution in [2.75, 3.05) is 11.9 Å². The van der Waals surface area contributed by atoms with Crippen molar-refractivity contribution in [3.8, 4) is 10.6 Å². The highest BCUT2D eigenvalue weighted by molar-refractivity contribution is 7.18. The van der Waals surface area contributed by atoms with Gasteiger partial charge in [-0.15, -0.1) is 10.2 Å². The summed E-state index contributed by atoms with van der Waals surface area (Å²) in [5, 5.41) is 12.2. The smallest absolute Gasteiger partial charge is 0.327 e. The van der Waals surface area contributed by atoms with Crippen LogP contribution in [0.25, 0.3) is 10.6 Å². The Morgan fingerprint density at radius 1 is 1.06 bits per heavy atom. The predicted molar refractivity (Wildman–Crippen MR) is 114 cm³/mol. The first-order valence-corrected chi connectivity index (χ1v) is 10.8. The Balaban J connectivity index is 1.44. The minimum atomic E-state index is -4.48. The molecule has 1 aliphatic rings. The molecule has 0 saturated carbocycles. The molecule has 2 aromatic carbocycles. The summed E-state index contributed by atoms with van der Waals surface area (Å²) in [7, 11) is 0. The largest absolute Gasteiger partial charge is 0.416 e. The molecule has 3 aromatic rings. The fourth-order valence-electron chi connectivity index (χ4n) is 3.42. The van der Waals surface area contributed by atoms with Crippen molar-refractivity contribution in [3.63, 3.8) is 0 Å². The molecule has 1 aliphatic heterocycles. The average Bonchev–Trinajstić information content (AvgIpc) is 3.43. The molecule has 0 aliphatic carbocycles. The minimum absolute atomic E-state index is 0.0960. The van der Waals surface area contributed by atoms with Gasteiger partial charge in [0.15, 0.2) is 0 Å². The zero-order chi connectivity index (χ0) is 22.9. The standard InChI is InChI=1S/C21H16ClF3N4O2S/c22-15-9-5-12(6-10-15)18-27-28-20(32-18)26-17(30)16-2-1-11-29(16)19(31)13-3-7-14(8-4-13)21(23,24)25/h3-10,16H,1-2,11H2,(H,26,28,30). The quantitative estimate of drug-likeness (QED) is 0.562. The van der Waals surface area contributed by atoms with Crippen LogP contribution in [0.3, 0.4) is 0 Å². The molecule has 2 heterocycles. The predicted octanol–water partition coefficient (Wildman–Crippen LogP) is 5.12. The Hall–Kier alpha value is -2.98. The molecule has 166 valence electrons. The monoisotopic (exact) mass is 480 g/mol. The number of hydrogen-bond donors (Lipinski definition) is 1. The third-order valence-corrected chi connectivity index (χ3v) is 6.16. The van der Waals surface area contributed by atoms with Gasteiger partial charge < -0.3 is 4.90 Å². The number of benzene rings is 2. The fourth-order valence-corrected chi connectivity index (χ4v) is 4.30. The summed E-state index contributed by atoms with van der Waals surface area (Å²) in [6.07, 6.45) is -3.43. The van der Waals surface area contributed by atoms with Gasteiger partial charge in [-0.1, -0.05) is 35.1 Å². The number of nitrogens with zero attached hydrogens (tertiary/aromatic N) is 3. The molecule has 2 amide bonds. The number of anilines is 1. The van der Waals surface area contributed by atoms with Crippen molar-refractivity contribution in [1.82, 2.24) is 15.1 Å². The van der Waals surface area contributed by atoms with Crippen LogP contribution in [-0.4, -0.2) is 39.5 Å².